The fourth-order valence-corrected chi connectivity index (χ4v) is 2.24. The Morgan fingerprint density at radius 2 is 1.70 bits per heavy atom. The van der Waals surface area contributed by atoms with E-state index in [0.717, 1.165) is 15.7 Å². The van der Waals surface area contributed by atoms with Crippen molar-refractivity contribution in [1.82, 2.24) is 0 Å². The summed E-state index contributed by atoms with van der Waals surface area (Å²) in [5.41, 5.74) is 2.19. The SMILES string of the molecule is O=C(O)CCN(Cc1ccc(Br)cc1)c1ccccc1. The van der Waals surface area contributed by atoms with Crippen LogP contribution < -0.4 is 4.90 Å². The molecule has 0 unspecified atom stereocenters. The van der Waals surface area contributed by atoms with Crippen molar-refractivity contribution >= 4 is 27.6 Å². The summed E-state index contributed by atoms with van der Waals surface area (Å²) in [5, 5.41) is 8.88. The third-order valence-corrected chi connectivity index (χ3v) is 3.53. The molecule has 0 aliphatic rings. The van der Waals surface area contributed by atoms with Crippen LogP contribution >= 0.6 is 15.9 Å². The molecular weight excluding hydrogens is 318 g/mol. The van der Waals surface area contributed by atoms with Gasteiger partial charge in [-0.3, -0.25) is 4.79 Å². The minimum Gasteiger partial charge on any atom is -0.481 e. The molecule has 1 N–H and O–H groups in total. The molecule has 3 nitrogen and oxygen atoms in total. The zero-order valence-corrected chi connectivity index (χ0v) is 12.6. The smallest absolute Gasteiger partial charge is 0.305 e. The third-order valence-electron chi connectivity index (χ3n) is 3.00. The number of carbonyl (C=O) groups is 1. The van der Waals surface area contributed by atoms with Crippen LogP contribution in [-0.4, -0.2) is 17.6 Å². The first-order valence-corrected chi connectivity index (χ1v) is 7.20. The van der Waals surface area contributed by atoms with Crippen molar-refractivity contribution in [3.63, 3.8) is 0 Å². The van der Waals surface area contributed by atoms with Crippen molar-refractivity contribution in [2.75, 3.05) is 11.4 Å². The molecule has 0 spiro atoms. The van der Waals surface area contributed by atoms with Crippen LogP contribution in [0.3, 0.4) is 0 Å². The van der Waals surface area contributed by atoms with Crippen LogP contribution in [0.1, 0.15) is 12.0 Å². The minimum atomic E-state index is -0.776. The fourth-order valence-electron chi connectivity index (χ4n) is 1.98. The molecule has 0 saturated carbocycles. The van der Waals surface area contributed by atoms with Crippen LogP contribution in [0.2, 0.25) is 0 Å². The summed E-state index contributed by atoms with van der Waals surface area (Å²) in [7, 11) is 0. The van der Waals surface area contributed by atoms with E-state index in [4.69, 9.17) is 5.11 Å². The molecule has 0 bridgehead atoms. The fraction of sp³-hybridized carbons (Fsp3) is 0.188. The van der Waals surface area contributed by atoms with E-state index < -0.39 is 5.97 Å². The van der Waals surface area contributed by atoms with Crippen LogP contribution in [0.15, 0.2) is 59.1 Å². The average Bonchev–Trinajstić information content (AvgIpc) is 2.46. The number of nitrogens with zero attached hydrogens (tertiary/aromatic N) is 1. The maximum Gasteiger partial charge on any atom is 0.305 e. The number of carboxylic acids is 1. The van der Waals surface area contributed by atoms with Crippen molar-refractivity contribution < 1.29 is 9.90 Å². The lowest BCUT2D eigenvalue weighted by Crippen LogP contribution is -2.25. The van der Waals surface area contributed by atoms with Gasteiger partial charge >= 0.3 is 5.97 Å². The van der Waals surface area contributed by atoms with E-state index in [1.807, 2.05) is 54.6 Å². The van der Waals surface area contributed by atoms with Crippen molar-refractivity contribution in [3.8, 4) is 0 Å². The van der Waals surface area contributed by atoms with Gasteiger partial charge in [0, 0.05) is 23.2 Å². The normalized spacial score (nSPS) is 10.2. The van der Waals surface area contributed by atoms with E-state index in [-0.39, 0.29) is 6.42 Å². The molecule has 0 amide bonds. The standard InChI is InChI=1S/C16H16BrNO2/c17-14-8-6-13(7-9-14)12-18(11-10-16(19)20)15-4-2-1-3-5-15/h1-9H,10-12H2,(H,19,20). The lowest BCUT2D eigenvalue weighted by Gasteiger charge is -2.24. The summed E-state index contributed by atoms with van der Waals surface area (Å²) in [6.07, 6.45) is 0.130. The second-order valence-corrected chi connectivity index (χ2v) is 5.44. The Kier molecular flexibility index (Phi) is 5.18. The van der Waals surface area contributed by atoms with Gasteiger partial charge in [-0.15, -0.1) is 0 Å². The molecule has 0 fully saturated rings. The Hall–Kier alpha value is -1.81. The predicted octanol–water partition coefficient (Wildman–Crippen LogP) is 3.93. The topological polar surface area (TPSA) is 40.5 Å². The summed E-state index contributed by atoms with van der Waals surface area (Å²) in [5.74, 6) is -0.776. The summed E-state index contributed by atoms with van der Waals surface area (Å²) < 4.78 is 1.04. The van der Waals surface area contributed by atoms with Gasteiger partial charge in [-0.1, -0.05) is 46.3 Å². The second-order valence-electron chi connectivity index (χ2n) is 4.53. The first-order valence-electron chi connectivity index (χ1n) is 6.41. The average molecular weight is 334 g/mol. The maximum atomic E-state index is 10.8. The molecule has 0 aromatic heterocycles. The predicted molar refractivity (Wildman–Crippen MR) is 83.9 cm³/mol. The number of halogens is 1. The first-order chi connectivity index (χ1) is 9.65. The van der Waals surface area contributed by atoms with Gasteiger partial charge in [0.25, 0.3) is 0 Å². The molecule has 0 saturated heterocycles. The highest BCUT2D eigenvalue weighted by atomic mass is 79.9. The van der Waals surface area contributed by atoms with Gasteiger partial charge in [-0.05, 0) is 29.8 Å². The highest BCUT2D eigenvalue weighted by Crippen LogP contribution is 2.18. The Morgan fingerprint density at radius 3 is 2.30 bits per heavy atom. The molecule has 0 aliphatic carbocycles. The number of para-hydroxylation sites is 1. The molecule has 0 heterocycles. The van der Waals surface area contributed by atoms with Gasteiger partial charge < -0.3 is 10.0 Å². The summed E-state index contributed by atoms with van der Waals surface area (Å²) in [6, 6.07) is 18.0. The number of aliphatic carboxylic acids is 1. The Bertz CT molecular complexity index is 554. The van der Waals surface area contributed by atoms with Gasteiger partial charge in [-0.25, -0.2) is 0 Å². The number of hydrogen-bond donors (Lipinski definition) is 1. The molecule has 4 heteroatoms. The van der Waals surface area contributed by atoms with Gasteiger partial charge in [0.05, 0.1) is 6.42 Å². The molecule has 2 aromatic carbocycles. The number of anilines is 1. The van der Waals surface area contributed by atoms with E-state index in [0.29, 0.717) is 13.1 Å². The van der Waals surface area contributed by atoms with Crippen molar-refractivity contribution in [1.29, 1.82) is 0 Å². The molecule has 0 radical (unpaired) electrons. The molecule has 2 aromatic rings. The lowest BCUT2D eigenvalue weighted by molar-refractivity contribution is -0.136. The van der Waals surface area contributed by atoms with E-state index in [2.05, 4.69) is 20.8 Å². The summed E-state index contributed by atoms with van der Waals surface area (Å²) in [4.78, 5) is 12.9. The number of hydrogen-bond acceptors (Lipinski definition) is 2. The highest BCUT2D eigenvalue weighted by molar-refractivity contribution is 9.10. The highest BCUT2D eigenvalue weighted by Gasteiger charge is 2.09. The molecular formula is C16H16BrNO2. The van der Waals surface area contributed by atoms with E-state index in [9.17, 15) is 4.79 Å². The Balaban J connectivity index is 2.13. The first kappa shape index (κ1) is 14.6. The largest absolute Gasteiger partial charge is 0.481 e. The summed E-state index contributed by atoms with van der Waals surface area (Å²) >= 11 is 3.42. The minimum absolute atomic E-state index is 0.130. The van der Waals surface area contributed by atoms with Gasteiger partial charge in [0.1, 0.15) is 0 Å². The Labute approximate surface area is 127 Å². The molecule has 0 aliphatic heterocycles. The van der Waals surface area contributed by atoms with Crippen molar-refractivity contribution in [3.05, 3.63) is 64.6 Å². The van der Waals surface area contributed by atoms with Crippen LogP contribution in [0.5, 0.6) is 0 Å². The number of carboxylic acid groups (broad SMARTS) is 1. The van der Waals surface area contributed by atoms with Crippen molar-refractivity contribution in [2.45, 2.75) is 13.0 Å². The number of benzene rings is 2. The van der Waals surface area contributed by atoms with Crippen LogP contribution in [0, 0.1) is 0 Å². The van der Waals surface area contributed by atoms with Gasteiger partial charge in [-0.2, -0.15) is 0 Å². The van der Waals surface area contributed by atoms with E-state index in [1.54, 1.807) is 0 Å². The zero-order chi connectivity index (χ0) is 14.4. The molecule has 104 valence electrons. The van der Waals surface area contributed by atoms with E-state index >= 15 is 0 Å². The Morgan fingerprint density at radius 1 is 1.05 bits per heavy atom. The van der Waals surface area contributed by atoms with Crippen LogP contribution in [-0.2, 0) is 11.3 Å². The quantitative estimate of drug-likeness (QED) is 0.870. The third kappa shape index (κ3) is 4.38. The van der Waals surface area contributed by atoms with E-state index in [1.165, 1.54) is 0 Å². The molecule has 20 heavy (non-hydrogen) atoms. The number of rotatable bonds is 6. The monoisotopic (exact) mass is 333 g/mol. The maximum absolute atomic E-state index is 10.8. The summed E-state index contributed by atoms with van der Waals surface area (Å²) in [6.45, 7) is 1.19. The molecule has 2 rings (SSSR count). The second kappa shape index (κ2) is 7.10. The molecule has 0 atom stereocenters. The van der Waals surface area contributed by atoms with Crippen molar-refractivity contribution in [2.24, 2.45) is 0 Å². The zero-order valence-electron chi connectivity index (χ0n) is 11.0. The van der Waals surface area contributed by atoms with Crippen LogP contribution in [0.4, 0.5) is 5.69 Å². The van der Waals surface area contributed by atoms with Gasteiger partial charge in [0.2, 0.25) is 0 Å². The van der Waals surface area contributed by atoms with Gasteiger partial charge in [0.15, 0.2) is 0 Å². The lowest BCUT2D eigenvalue weighted by atomic mass is 10.2. The van der Waals surface area contributed by atoms with Crippen LogP contribution in [0.25, 0.3) is 0 Å².